The Hall–Kier alpha value is -1.66. The Labute approximate surface area is 141 Å². The lowest BCUT2D eigenvalue weighted by molar-refractivity contribution is 0.462. The summed E-state index contributed by atoms with van der Waals surface area (Å²) in [6, 6.07) is 19.0. The molecular formula is C16H10ClIN2O. The number of halogens is 2. The standard InChI is InChI=1S/C16H10ClIN2O/c17-14-10-15(21-13-8-6-12(18)7-9-13)20-16(19-14)11-4-2-1-3-5-11/h1-10H. The molecule has 0 aliphatic heterocycles. The van der Waals surface area contributed by atoms with Crippen molar-refractivity contribution in [3.8, 4) is 23.0 Å². The van der Waals surface area contributed by atoms with E-state index in [2.05, 4.69) is 32.6 Å². The number of hydrogen-bond acceptors (Lipinski definition) is 3. The van der Waals surface area contributed by atoms with Crippen LogP contribution < -0.4 is 4.74 Å². The molecule has 0 atom stereocenters. The van der Waals surface area contributed by atoms with Crippen molar-refractivity contribution >= 4 is 34.2 Å². The molecule has 0 bridgehead atoms. The average Bonchev–Trinajstić information content (AvgIpc) is 2.50. The van der Waals surface area contributed by atoms with E-state index in [9.17, 15) is 0 Å². The largest absolute Gasteiger partial charge is 0.439 e. The molecule has 1 aromatic heterocycles. The predicted molar refractivity (Wildman–Crippen MR) is 91.7 cm³/mol. The van der Waals surface area contributed by atoms with E-state index >= 15 is 0 Å². The van der Waals surface area contributed by atoms with E-state index in [1.165, 1.54) is 0 Å². The molecule has 2 aromatic carbocycles. The summed E-state index contributed by atoms with van der Waals surface area (Å²) in [6.45, 7) is 0. The van der Waals surface area contributed by atoms with Gasteiger partial charge in [0.2, 0.25) is 5.88 Å². The summed E-state index contributed by atoms with van der Waals surface area (Å²) in [6.07, 6.45) is 0. The van der Waals surface area contributed by atoms with Crippen LogP contribution in [0.25, 0.3) is 11.4 Å². The highest BCUT2D eigenvalue weighted by Crippen LogP contribution is 2.25. The van der Waals surface area contributed by atoms with Gasteiger partial charge in [-0.2, -0.15) is 4.98 Å². The Morgan fingerprint density at radius 2 is 1.62 bits per heavy atom. The summed E-state index contributed by atoms with van der Waals surface area (Å²) < 4.78 is 6.88. The molecule has 0 spiro atoms. The maximum Gasteiger partial charge on any atom is 0.224 e. The molecule has 3 rings (SSSR count). The van der Waals surface area contributed by atoms with Crippen LogP contribution in [-0.2, 0) is 0 Å². The third-order valence-corrected chi connectivity index (χ3v) is 3.65. The zero-order valence-corrected chi connectivity index (χ0v) is 13.7. The zero-order chi connectivity index (χ0) is 14.7. The summed E-state index contributed by atoms with van der Waals surface area (Å²) in [5.74, 6) is 1.68. The highest BCUT2D eigenvalue weighted by Gasteiger charge is 2.07. The fourth-order valence-electron chi connectivity index (χ4n) is 1.79. The van der Waals surface area contributed by atoms with Crippen molar-refractivity contribution in [2.24, 2.45) is 0 Å². The number of hydrogen-bond donors (Lipinski definition) is 0. The molecular weight excluding hydrogens is 399 g/mol. The van der Waals surface area contributed by atoms with Crippen molar-refractivity contribution < 1.29 is 4.74 Å². The first-order valence-electron chi connectivity index (χ1n) is 6.24. The monoisotopic (exact) mass is 408 g/mol. The molecule has 3 nitrogen and oxygen atoms in total. The van der Waals surface area contributed by atoms with E-state index in [4.69, 9.17) is 16.3 Å². The summed E-state index contributed by atoms with van der Waals surface area (Å²) in [4.78, 5) is 8.63. The third kappa shape index (κ3) is 3.71. The molecule has 0 saturated carbocycles. The summed E-state index contributed by atoms with van der Waals surface area (Å²) >= 11 is 8.30. The summed E-state index contributed by atoms with van der Waals surface area (Å²) in [5.41, 5.74) is 0.896. The van der Waals surface area contributed by atoms with Crippen molar-refractivity contribution in [2.45, 2.75) is 0 Å². The molecule has 3 aromatic rings. The van der Waals surface area contributed by atoms with Crippen molar-refractivity contribution in [2.75, 3.05) is 0 Å². The molecule has 104 valence electrons. The van der Waals surface area contributed by atoms with E-state index < -0.39 is 0 Å². The van der Waals surface area contributed by atoms with Gasteiger partial charge in [-0.25, -0.2) is 4.98 Å². The number of benzene rings is 2. The zero-order valence-electron chi connectivity index (χ0n) is 10.8. The molecule has 1 heterocycles. The van der Waals surface area contributed by atoms with Gasteiger partial charge in [0.25, 0.3) is 0 Å². The molecule has 0 aliphatic carbocycles. The van der Waals surface area contributed by atoms with Crippen LogP contribution in [0.3, 0.4) is 0 Å². The lowest BCUT2D eigenvalue weighted by atomic mass is 10.2. The maximum atomic E-state index is 6.06. The Balaban J connectivity index is 1.93. The Kier molecular flexibility index (Phi) is 4.36. The smallest absolute Gasteiger partial charge is 0.224 e. The molecule has 21 heavy (non-hydrogen) atoms. The SMILES string of the molecule is Clc1cc(Oc2ccc(I)cc2)nc(-c2ccccc2)n1. The van der Waals surface area contributed by atoms with Crippen molar-refractivity contribution in [1.29, 1.82) is 0 Å². The first kappa shape index (κ1) is 14.3. The minimum atomic E-state index is 0.351. The van der Waals surface area contributed by atoms with Gasteiger partial charge >= 0.3 is 0 Å². The first-order chi connectivity index (χ1) is 10.2. The number of aromatic nitrogens is 2. The highest BCUT2D eigenvalue weighted by molar-refractivity contribution is 14.1. The summed E-state index contributed by atoms with van der Waals surface area (Å²) in [7, 11) is 0. The number of nitrogens with zero attached hydrogens (tertiary/aromatic N) is 2. The quantitative estimate of drug-likeness (QED) is 0.442. The minimum absolute atomic E-state index is 0.351. The Morgan fingerprint density at radius 1 is 0.905 bits per heavy atom. The normalized spacial score (nSPS) is 10.4. The van der Waals surface area contributed by atoms with Crippen LogP contribution in [0.15, 0.2) is 60.7 Å². The van der Waals surface area contributed by atoms with Gasteiger partial charge in [-0.1, -0.05) is 41.9 Å². The Morgan fingerprint density at radius 3 is 2.33 bits per heavy atom. The van der Waals surface area contributed by atoms with Crippen LogP contribution in [0.4, 0.5) is 0 Å². The van der Waals surface area contributed by atoms with Crippen LogP contribution in [0, 0.1) is 3.57 Å². The van der Waals surface area contributed by atoms with Gasteiger partial charge in [0.15, 0.2) is 5.82 Å². The minimum Gasteiger partial charge on any atom is -0.439 e. The van der Waals surface area contributed by atoms with E-state index in [0.717, 1.165) is 9.13 Å². The third-order valence-electron chi connectivity index (χ3n) is 2.74. The highest BCUT2D eigenvalue weighted by atomic mass is 127. The van der Waals surface area contributed by atoms with Gasteiger partial charge in [-0.15, -0.1) is 0 Å². The van der Waals surface area contributed by atoms with Gasteiger partial charge < -0.3 is 4.74 Å². The van der Waals surface area contributed by atoms with Gasteiger partial charge in [0.05, 0.1) is 0 Å². The van der Waals surface area contributed by atoms with Crippen LogP contribution in [0.1, 0.15) is 0 Å². The average molecular weight is 409 g/mol. The fourth-order valence-corrected chi connectivity index (χ4v) is 2.32. The van der Waals surface area contributed by atoms with Crippen LogP contribution in [0.2, 0.25) is 5.15 Å². The van der Waals surface area contributed by atoms with Crippen molar-refractivity contribution in [3.05, 3.63) is 69.4 Å². The molecule has 0 N–H and O–H groups in total. The van der Waals surface area contributed by atoms with Crippen LogP contribution in [-0.4, -0.2) is 9.97 Å². The van der Waals surface area contributed by atoms with Gasteiger partial charge in [0, 0.05) is 15.2 Å². The molecule has 0 saturated heterocycles. The molecule has 0 amide bonds. The van der Waals surface area contributed by atoms with Crippen LogP contribution >= 0.6 is 34.2 Å². The van der Waals surface area contributed by atoms with Gasteiger partial charge in [-0.05, 0) is 46.9 Å². The second kappa shape index (κ2) is 6.41. The molecule has 5 heteroatoms. The lowest BCUT2D eigenvalue weighted by Crippen LogP contribution is -1.94. The first-order valence-corrected chi connectivity index (χ1v) is 7.70. The molecule has 0 radical (unpaired) electrons. The van der Waals surface area contributed by atoms with Gasteiger partial charge in [0.1, 0.15) is 10.9 Å². The topological polar surface area (TPSA) is 35.0 Å². The van der Waals surface area contributed by atoms with Crippen molar-refractivity contribution in [1.82, 2.24) is 9.97 Å². The van der Waals surface area contributed by atoms with E-state index in [1.54, 1.807) is 6.07 Å². The predicted octanol–water partition coefficient (Wildman–Crippen LogP) is 5.19. The second-order valence-corrected chi connectivity index (χ2v) is 5.91. The fraction of sp³-hybridized carbons (Fsp3) is 0. The lowest BCUT2D eigenvalue weighted by Gasteiger charge is -2.07. The molecule has 0 aliphatic rings. The number of rotatable bonds is 3. The second-order valence-electron chi connectivity index (χ2n) is 4.27. The van der Waals surface area contributed by atoms with Crippen molar-refractivity contribution in [3.63, 3.8) is 0 Å². The summed E-state index contributed by atoms with van der Waals surface area (Å²) in [5, 5.41) is 0.351. The van der Waals surface area contributed by atoms with E-state index in [-0.39, 0.29) is 0 Å². The van der Waals surface area contributed by atoms with E-state index in [0.29, 0.717) is 22.6 Å². The molecule has 0 unspecified atom stereocenters. The molecule has 0 fully saturated rings. The van der Waals surface area contributed by atoms with Crippen LogP contribution in [0.5, 0.6) is 11.6 Å². The van der Waals surface area contributed by atoms with E-state index in [1.807, 2.05) is 54.6 Å². The maximum absolute atomic E-state index is 6.06. The Bertz CT molecular complexity index is 748. The van der Waals surface area contributed by atoms with Gasteiger partial charge in [-0.3, -0.25) is 0 Å². The number of ether oxygens (including phenoxy) is 1.